The van der Waals surface area contributed by atoms with E-state index < -0.39 is 85.8 Å². The van der Waals surface area contributed by atoms with E-state index in [4.69, 9.17) is 28.4 Å². The second-order valence-corrected chi connectivity index (χ2v) is 26.4. The van der Waals surface area contributed by atoms with Crippen molar-refractivity contribution in [1.82, 2.24) is 4.90 Å². The Bertz CT molecular complexity index is 1700. The molecule has 0 aromatic heterocycles. The maximum atomic E-state index is 14.4. The summed E-state index contributed by atoms with van der Waals surface area (Å²) in [6, 6.07) is -0.250. The lowest BCUT2D eigenvalue weighted by atomic mass is 9.82. The fourth-order valence-corrected chi connectivity index (χ4v) is 10.7. The van der Waals surface area contributed by atoms with E-state index in [1.165, 1.54) is 19.1 Å². The first-order valence-corrected chi connectivity index (χ1v) is 27.8. The average Bonchev–Trinajstić information content (AvgIpc) is 3.26. The summed E-state index contributed by atoms with van der Waals surface area (Å²) in [6.07, 6.45) is 7.03. The van der Waals surface area contributed by atoms with Gasteiger partial charge in [0.1, 0.15) is 30.6 Å². The van der Waals surface area contributed by atoms with Crippen LogP contribution in [-0.2, 0) is 52.4 Å². The number of aliphatic hydroxyl groups is 2. The van der Waals surface area contributed by atoms with Gasteiger partial charge in [-0.2, -0.15) is 0 Å². The van der Waals surface area contributed by atoms with Crippen molar-refractivity contribution < 1.29 is 62.6 Å². The molecule has 2 N–H and O–H groups in total. The van der Waals surface area contributed by atoms with Crippen LogP contribution in [0.5, 0.6) is 0 Å². The van der Waals surface area contributed by atoms with Gasteiger partial charge in [-0.3, -0.25) is 14.4 Å². The lowest BCUT2D eigenvalue weighted by Crippen LogP contribution is -2.64. The van der Waals surface area contributed by atoms with E-state index in [9.17, 15) is 34.2 Å². The Balaban J connectivity index is 1.64. The van der Waals surface area contributed by atoms with E-state index in [2.05, 4.69) is 32.3 Å². The zero-order chi connectivity index (χ0) is 48.2. The molecule has 3 heterocycles. The number of amides is 1. The average molecular weight is 932 g/mol. The van der Waals surface area contributed by atoms with Gasteiger partial charge in [0.2, 0.25) is 5.79 Å². The topological polar surface area (TPSA) is 184 Å². The highest BCUT2D eigenvalue weighted by atomic mass is 28.3. The molecule has 0 aromatic carbocycles. The Labute approximate surface area is 389 Å². The number of cyclic esters (lactones) is 1. The number of carbonyl (C=O) groups excluding carboxylic acids is 5. The first-order valence-electron chi connectivity index (χ1n) is 24.1. The van der Waals surface area contributed by atoms with Crippen molar-refractivity contribution in [2.75, 3.05) is 34.0 Å². The first kappa shape index (κ1) is 54.6. The molecule has 0 radical (unpaired) electrons. The van der Waals surface area contributed by atoms with Crippen LogP contribution in [-0.4, -0.2) is 135 Å². The van der Waals surface area contributed by atoms with Crippen LogP contribution in [0.3, 0.4) is 0 Å². The number of piperidine rings is 1. The van der Waals surface area contributed by atoms with Crippen LogP contribution in [0.15, 0.2) is 36.0 Å². The van der Waals surface area contributed by atoms with Gasteiger partial charge in [-0.05, 0) is 108 Å². The van der Waals surface area contributed by atoms with Crippen molar-refractivity contribution in [3.63, 3.8) is 0 Å². The van der Waals surface area contributed by atoms with E-state index in [-0.39, 0.29) is 62.1 Å². The number of hydrogen-bond donors (Lipinski definition) is 2. The van der Waals surface area contributed by atoms with Gasteiger partial charge in [0, 0.05) is 53.0 Å². The molecule has 1 saturated carbocycles. The van der Waals surface area contributed by atoms with Gasteiger partial charge in [0.05, 0.1) is 31.0 Å². The van der Waals surface area contributed by atoms with Crippen molar-refractivity contribution in [2.45, 2.75) is 186 Å². The summed E-state index contributed by atoms with van der Waals surface area (Å²) in [6.45, 7) is 20.2. The number of esters is 2. The number of allylic oxidation sites excluding steroid dienone is 4. The van der Waals surface area contributed by atoms with Gasteiger partial charge in [0.15, 0.2) is 0 Å². The minimum atomic E-state index is -2.52. The van der Waals surface area contributed by atoms with Gasteiger partial charge in [-0.25, -0.2) is 9.59 Å². The van der Waals surface area contributed by atoms with Gasteiger partial charge in [-0.1, -0.05) is 64.2 Å². The predicted molar refractivity (Wildman–Crippen MR) is 249 cm³/mol. The third-order valence-corrected chi connectivity index (χ3v) is 15.7. The lowest BCUT2D eigenvalue weighted by molar-refractivity contribution is -0.302. The van der Waals surface area contributed by atoms with Gasteiger partial charge in [0.25, 0.3) is 11.7 Å². The van der Waals surface area contributed by atoms with Gasteiger partial charge >= 0.3 is 11.9 Å². The number of methoxy groups -OCH3 is 2. The fourth-order valence-electron chi connectivity index (χ4n) is 10.00. The summed E-state index contributed by atoms with van der Waals surface area (Å²) >= 11 is 0. The summed E-state index contributed by atoms with van der Waals surface area (Å²) in [4.78, 5) is 70.6. The summed E-state index contributed by atoms with van der Waals surface area (Å²) < 4.78 is 35.7. The smallest absolute Gasteiger partial charge is 0.332 e. The molecule has 0 spiro atoms. The molecule has 4 rings (SSSR count). The third-order valence-electron chi connectivity index (χ3n) is 14.0. The third kappa shape index (κ3) is 15.2. The van der Waals surface area contributed by atoms with Crippen molar-refractivity contribution >= 4 is 37.5 Å². The van der Waals surface area contributed by atoms with Gasteiger partial charge in [-0.15, -0.1) is 6.58 Å². The molecule has 1 aliphatic carbocycles. The highest BCUT2D eigenvalue weighted by Gasteiger charge is 2.56. The van der Waals surface area contributed by atoms with Crippen LogP contribution < -0.4 is 0 Å². The van der Waals surface area contributed by atoms with E-state index in [1.807, 2.05) is 26.8 Å². The molecule has 4 aliphatic rings. The quantitative estimate of drug-likeness (QED) is 0.0891. The zero-order valence-corrected chi connectivity index (χ0v) is 42.0. The minimum absolute atomic E-state index is 0.00455. The number of hydrogen-bond acceptors (Lipinski definition) is 13. The predicted octanol–water partition coefficient (Wildman–Crippen LogP) is 6.92. The molecule has 2 bridgehead atoms. The number of ketones is 2. The Hall–Kier alpha value is -3.05. The molecular formula is C50H81NO13Si. The van der Waals surface area contributed by atoms with E-state index in [1.54, 1.807) is 19.9 Å². The van der Waals surface area contributed by atoms with Gasteiger partial charge < -0.3 is 43.5 Å². The number of fused-ring (bicyclic) bond motifs is 3. The number of nitrogens with zero attached hydrogens (tertiary/aromatic N) is 1. The van der Waals surface area contributed by atoms with Crippen molar-refractivity contribution in [3.8, 4) is 0 Å². The minimum Gasteiger partial charge on any atom is -0.464 e. The molecule has 0 unspecified atom stereocenters. The molecular weight excluding hydrogens is 851 g/mol. The van der Waals surface area contributed by atoms with E-state index in [0.29, 0.717) is 57.1 Å². The maximum absolute atomic E-state index is 14.4. The van der Waals surface area contributed by atoms with E-state index in [0.717, 1.165) is 24.5 Å². The Morgan fingerprint density at radius 2 is 1.65 bits per heavy atom. The normalized spacial score (nSPS) is 36.4. The second kappa shape index (κ2) is 24.8. The van der Waals surface area contributed by atoms with Crippen LogP contribution in [0.25, 0.3) is 0 Å². The number of ether oxygens (including phenoxy) is 6. The molecule has 3 fully saturated rings. The zero-order valence-electron chi connectivity index (χ0n) is 41.0. The molecule has 3 aliphatic heterocycles. The highest BCUT2D eigenvalue weighted by Crippen LogP contribution is 2.39. The van der Waals surface area contributed by atoms with Crippen molar-refractivity contribution in [1.29, 1.82) is 0 Å². The maximum Gasteiger partial charge on any atom is 0.332 e. The fraction of sp³-hybridized carbons (Fsp3) is 0.780. The molecule has 15 heteroatoms. The van der Waals surface area contributed by atoms with Crippen LogP contribution in [0, 0.1) is 29.6 Å². The molecule has 65 heavy (non-hydrogen) atoms. The second-order valence-electron chi connectivity index (χ2n) is 20.7. The lowest BCUT2D eigenvalue weighted by Gasteiger charge is -2.47. The largest absolute Gasteiger partial charge is 0.464 e. The summed E-state index contributed by atoms with van der Waals surface area (Å²) in [7, 11) is 1.73. The Morgan fingerprint density at radius 1 is 0.985 bits per heavy atom. The number of rotatable bonds is 12. The Morgan fingerprint density at radius 3 is 2.28 bits per heavy atom. The van der Waals surface area contributed by atoms with Crippen LogP contribution >= 0.6 is 0 Å². The van der Waals surface area contributed by atoms with Crippen LogP contribution in [0.4, 0.5) is 0 Å². The van der Waals surface area contributed by atoms with E-state index >= 15 is 0 Å². The van der Waals surface area contributed by atoms with Crippen molar-refractivity contribution in [3.05, 3.63) is 36.0 Å². The summed E-state index contributed by atoms with van der Waals surface area (Å²) in [5, 5.41) is 23.9. The molecule has 11 atom stereocenters. The molecule has 14 nitrogen and oxygen atoms in total. The Kier molecular flexibility index (Phi) is 20.8. The number of aliphatic hydroxyl groups excluding tert-OH is 1. The highest BCUT2D eigenvalue weighted by molar-refractivity contribution is 6.76. The number of Topliss-reactive ketones (excluding diaryl/α,β-unsaturated/α-hetero) is 2. The SMILES string of the molecule is C=CC[C@@H]1/C=C(\C)C[C@H](C)C[C@H](OC)[C@H]2O[C@@](O)(C(=O)C(=O)N3CCCC[C@H]3C(=O)O[C@H](/C(C)=C/C3CCC(OCC(=O)OCC[Si](C)(C)C)CC3)[C@H](C)[C@@H](O)CC1=O)[C@H](C)C[C@@H]2OC. The molecule has 2 saturated heterocycles. The van der Waals surface area contributed by atoms with Crippen LogP contribution in [0.2, 0.25) is 25.7 Å². The monoisotopic (exact) mass is 932 g/mol. The molecule has 0 aromatic rings. The van der Waals surface area contributed by atoms with Crippen molar-refractivity contribution in [2.24, 2.45) is 29.6 Å². The van der Waals surface area contributed by atoms with Crippen LogP contribution in [0.1, 0.15) is 112 Å². The molecule has 368 valence electrons. The summed E-state index contributed by atoms with van der Waals surface area (Å²) in [5.74, 6) is -8.02. The summed E-state index contributed by atoms with van der Waals surface area (Å²) in [5.41, 5.74) is 1.65. The molecule has 1 amide bonds. The first-order chi connectivity index (χ1) is 30.6. The number of carbonyl (C=O) groups is 5. The standard InChI is InChI=1S/C50H81NO13Si/c1-12-15-37-25-31(2)24-32(3)26-42(59-7)46-43(60-8)28-34(5)50(58,64-46)47(55)48(56)51-21-14-13-16-39(51)49(57)63-45(35(6)40(52)29-41(37)53)33(4)27-36-17-19-38(20-18-36)62-30-44(54)61-22-23-65(9,10)11/h12,25,27,32,34-40,42-43,45-46,52,58H,1,13-24,26,28-30H2,2-11H3/b31-25+,33-27+/t32-,34+,35+,36?,37+,38?,39-,40-,42-,43-,45+,46+,50+/m0/s1.